The molecule has 3 rings (SSSR count). The summed E-state index contributed by atoms with van der Waals surface area (Å²) in [6, 6.07) is 5.93. The fraction of sp³-hybridized carbons (Fsp3) is 0.278. The zero-order valence-electron chi connectivity index (χ0n) is 15.2. The van der Waals surface area contributed by atoms with Crippen molar-refractivity contribution in [3.63, 3.8) is 0 Å². The highest BCUT2D eigenvalue weighted by molar-refractivity contribution is 7.99. The summed E-state index contributed by atoms with van der Waals surface area (Å²) in [6.07, 6.45) is -4.75. The third-order valence-electron chi connectivity index (χ3n) is 4.38. The van der Waals surface area contributed by atoms with Crippen molar-refractivity contribution >= 4 is 50.7 Å². The van der Waals surface area contributed by atoms with E-state index < -0.39 is 37.7 Å². The first kappa shape index (κ1) is 22.6. The summed E-state index contributed by atoms with van der Waals surface area (Å²) in [6.45, 7) is 1.30. The largest absolute Gasteiger partial charge is 0.478 e. The number of aromatic carboxylic acids is 1. The molecule has 2 aromatic carbocycles. The van der Waals surface area contributed by atoms with Crippen molar-refractivity contribution in [1.82, 2.24) is 0 Å². The Morgan fingerprint density at radius 1 is 1.13 bits per heavy atom. The number of carboxylic acid groups (broad SMARTS) is 1. The molecular formula is C18H16ClF3N2O4S2. The fourth-order valence-corrected chi connectivity index (χ4v) is 5.43. The van der Waals surface area contributed by atoms with E-state index in [0.717, 1.165) is 23.6 Å². The summed E-state index contributed by atoms with van der Waals surface area (Å²) < 4.78 is 66.2. The van der Waals surface area contributed by atoms with Crippen LogP contribution in [0, 0.1) is 0 Å². The lowest BCUT2D eigenvalue weighted by molar-refractivity contribution is -0.137. The molecule has 2 aromatic rings. The SMILES string of the molecule is O=C(O)c1cc(NS(=O)(=O)c2cc(C(F)(F)F)ccc2Cl)ccc1N1CCSCC1. The number of rotatable bonds is 5. The van der Waals surface area contributed by atoms with Crippen molar-refractivity contribution in [2.75, 3.05) is 34.2 Å². The van der Waals surface area contributed by atoms with Gasteiger partial charge in [-0.15, -0.1) is 0 Å². The molecule has 0 radical (unpaired) electrons. The van der Waals surface area contributed by atoms with Crippen LogP contribution in [0.5, 0.6) is 0 Å². The van der Waals surface area contributed by atoms with Gasteiger partial charge in [-0.2, -0.15) is 24.9 Å². The van der Waals surface area contributed by atoms with Crippen LogP contribution in [0.1, 0.15) is 15.9 Å². The summed E-state index contributed by atoms with van der Waals surface area (Å²) in [7, 11) is -4.50. The number of hydrogen-bond donors (Lipinski definition) is 2. The molecule has 6 nitrogen and oxygen atoms in total. The number of thioether (sulfide) groups is 1. The molecule has 1 aliphatic heterocycles. The first-order valence-corrected chi connectivity index (χ1v) is 11.6. The maximum absolute atomic E-state index is 12.9. The number of sulfonamides is 1. The van der Waals surface area contributed by atoms with Crippen molar-refractivity contribution < 1.29 is 31.5 Å². The second-order valence-corrected chi connectivity index (χ2v) is 9.67. The number of anilines is 2. The second-order valence-electron chi connectivity index (χ2n) is 6.38. The lowest BCUT2D eigenvalue weighted by atomic mass is 10.1. The van der Waals surface area contributed by atoms with Crippen LogP contribution in [0.2, 0.25) is 5.02 Å². The van der Waals surface area contributed by atoms with Crippen LogP contribution >= 0.6 is 23.4 Å². The van der Waals surface area contributed by atoms with Gasteiger partial charge in [0, 0.05) is 30.3 Å². The summed E-state index contributed by atoms with van der Waals surface area (Å²) in [5, 5.41) is 9.16. The highest BCUT2D eigenvalue weighted by atomic mass is 35.5. The summed E-state index contributed by atoms with van der Waals surface area (Å²) in [4.78, 5) is 12.8. The van der Waals surface area contributed by atoms with E-state index in [-0.39, 0.29) is 11.3 Å². The van der Waals surface area contributed by atoms with Gasteiger partial charge in [-0.1, -0.05) is 11.6 Å². The van der Waals surface area contributed by atoms with Crippen molar-refractivity contribution in [1.29, 1.82) is 0 Å². The Kier molecular flexibility index (Phi) is 6.44. The second kappa shape index (κ2) is 8.56. The Hall–Kier alpha value is -2.11. The van der Waals surface area contributed by atoms with Gasteiger partial charge in [0.15, 0.2) is 0 Å². The predicted octanol–water partition coefficient (Wildman–Crippen LogP) is 4.41. The number of carbonyl (C=O) groups is 1. The van der Waals surface area contributed by atoms with E-state index in [9.17, 15) is 31.5 Å². The Bertz CT molecular complexity index is 1070. The standard InChI is InChI=1S/C18H16ClF3N2O4S2/c19-14-3-1-11(18(20,21)22)9-16(14)30(27,28)23-12-2-4-15(13(10-12)17(25)26)24-5-7-29-8-6-24/h1-4,9-10,23H,5-8H2,(H,25,26). The highest BCUT2D eigenvalue weighted by Crippen LogP contribution is 2.34. The molecule has 0 atom stereocenters. The summed E-state index contributed by atoms with van der Waals surface area (Å²) in [5.41, 5.74) is -0.937. The summed E-state index contributed by atoms with van der Waals surface area (Å²) in [5.74, 6) is 0.421. The molecule has 0 spiro atoms. The number of carboxylic acids is 1. The fourth-order valence-electron chi connectivity index (χ4n) is 2.95. The molecule has 0 amide bonds. The van der Waals surface area contributed by atoms with Gasteiger partial charge >= 0.3 is 12.1 Å². The van der Waals surface area contributed by atoms with E-state index in [0.29, 0.717) is 30.9 Å². The van der Waals surface area contributed by atoms with Crippen molar-refractivity contribution in [3.05, 3.63) is 52.5 Å². The van der Waals surface area contributed by atoms with Crippen molar-refractivity contribution in [3.8, 4) is 0 Å². The minimum atomic E-state index is -4.75. The quantitative estimate of drug-likeness (QED) is 0.659. The Morgan fingerprint density at radius 3 is 2.40 bits per heavy atom. The molecule has 1 aliphatic rings. The molecule has 2 N–H and O–H groups in total. The number of hydrogen-bond acceptors (Lipinski definition) is 5. The molecule has 0 aromatic heterocycles. The minimum Gasteiger partial charge on any atom is -0.478 e. The zero-order valence-corrected chi connectivity index (χ0v) is 17.6. The monoisotopic (exact) mass is 480 g/mol. The molecule has 0 aliphatic carbocycles. The molecule has 12 heteroatoms. The van der Waals surface area contributed by atoms with Crippen LogP contribution < -0.4 is 9.62 Å². The van der Waals surface area contributed by atoms with Gasteiger partial charge in [0.05, 0.1) is 21.8 Å². The van der Waals surface area contributed by atoms with Crippen LogP contribution in [-0.4, -0.2) is 44.1 Å². The van der Waals surface area contributed by atoms with Gasteiger partial charge < -0.3 is 10.0 Å². The van der Waals surface area contributed by atoms with Crippen molar-refractivity contribution in [2.45, 2.75) is 11.1 Å². The first-order chi connectivity index (χ1) is 14.0. The van der Waals surface area contributed by atoms with Crippen LogP contribution in [-0.2, 0) is 16.2 Å². The zero-order chi connectivity index (χ0) is 22.1. The van der Waals surface area contributed by atoms with Gasteiger partial charge in [-0.05, 0) is 36.4 Å². The van der Waals surface area contributed by atoms with E-state index in [4.69, 9.17) is 11.6 Å². The normalized spacial score (nSPS) is 15.1. The Balaban J connectivity index is 1.95. The average molecular weight is 481 g/mol. The van der Waals surface area contributed by atoms with Crippen molar-refractivity contribution in [2.24, 2.45) is 0 Å². The molecule has 1 saturated heterocycles. The molecule has 0 saturated carbocycles. The van der Waals surface area contributed by atoms with Gasteiger partial charge in [-0.25, -0.2) is 13.2 Å². The van der Waals surface area contributed by atoms with E-state index >= 15 is 0 Å². The van der Waals surface area contributed by atoms with Gasteiger partial charge in [-0.3, -0.25) is 4.72 Å². The Morgan fingerprint density at radius 2 is 1.80 bits per heavy atom. The van der Waals surface area contributed by atoms with Gasteiger partial charge in [0.2, 0.25) is 0 Å². The van der Waals surface area contributed by atoms with Gasteiger partial charge in [0.1, 0.15) is 4.90 Å². The first-order valence-electron chi connectivity index (χ1n) is 8.58. The number of nitrogens with one attached hydrogen (secondary N) is 1. The topological polar surface area (TPSA) is 86.7 Å². The minimum absolute atomic E-state index is 0.101. The maximum atomic E-state index is 12.9. The molecule has 30 heavy (non-hydrogen) atoms. The van der Waals surface area contributed by atoms with Gasteiger partial charge in [0.25, 0.3) is 10.0 Å². The van der Waals surface area contributed by atoms with E-state index in [1.807, 2.05) is 4.90 Å². The van der Waals surface area contributed by atoms with Crippen LogP contribution in [0.4, 0.5) is 24.5 Å². The predicted molar refractivity (Wildman–Crippen MR) is 110 cm³/mol. The van der Waals surface area contributed by atoms with E-state index in [2.05, 4.69) is 4.72 Å². The van der Waals surface area contributed by atoms with E-state index in [1.165, 1.54) is 12.1 Å². The van der Waals surface area contributed by atoms with Crippen LogP contribution in [0.3, 0.4) is 0 Å². The lowest BCUT2D eigenvalue weighted by Crippen LogP contribution is -2.33. The average Bonchev–Trinajstić information content (AvgIpc) is 2.67. The number of benzene rings is 2. The molecular weight excluding hydrogens is 465 g/mol. The highest BCUT2D eigenvalue weighted by Gasteiger charge is 2.33. The molecule has 162 valence electrons. The smallest absolute Gasteiger partial charge is 0.416 e. The number of alkyl halides is 3. The number of nitrogens with zero attached hydrogens (tertiary/aromatic N) is 1. The molecule has 1 heterocycles. The third-order valence-corrected chi connectivity index (χ3v) is 7.18. The molecule has 1 fully saturated rings. The maximum Gasteiger partial charge on any atom is 0.416 e. The van der Waals surface area contributed by atoms with E-state index in [1.54, 1.807) is 11.8 Å². The van der Waals surface area contributed by atoms with Crippen LogP contribution in [0.15, 0.2) is 41.3 Å². The summed E-state index contributed by atoms with van der Waals surface area (Å²) >= 11 is 7.56. The lowest BCUT2D eigenvalue weighted by Gasteiger charge is -2.29. The molecule has 0 unspecified atom stereocenters. The third kappa shape index (κ3) is 4.96. The van der Waals surface area contributed by atoms with Crippen LogP contribution in [0.25, 0.3) is 0 Å². The number of halogens is 4. The Labute approximate surface area is 180 Å². The molecule has 0 bridgehead atoms.